The number of nitrogens with zero attached hydrogens (tertiary/aromatic N) is 1. The molecule has 1 aliphatic rings. The number of likely N-dealkylation sites (tertiary alicyclic amines) is 1. The van der Waals surface area contributed by atoms with Crippen molar-refractivity contribution in [3.63, 3.8) is 0 Å². The minimum Gasteiger partial charge on any atom is -0.465 e. The molecule has 0 bridgehead atoms. The van der Waals surface area contributed by atoms with E-state index < -0.39 is 16.0 Å². The number of carbonyl (C=O) groups excluding carboxylic acids is 2. The summed E-state index contributed by atoms with van der Waals surface area (Å²) >= 11 is 3.30. The summed E-state index contributed by atoms with van der Waals surface area (Å²) in [5, 5.41) is 0. The maximum Gasteiger partial charge on any atom is 0.410 e. The van der Waals surface area contributed by atoms with E-state index in [9.17, 15) is 9.59 Å². The van der Waals surface area contributed by atoms with Crippen LogP contribution in [-0.4, -0.2) is 46.6 Å². The van der Waals surface area contributed by atoms with Crippen molar-refractivity contribution in [3.05, 3.63) is 0 Å². The highest BCUT2D eigenvalue weighted by atomic mass is 79.9. The molecule has 6 heteroatoms. The van der Waals surface area contributed by atoms with Gasteiger partial charge < -0.3 is 14.4 Å². The predicted octanol–water partition coefficient (Wildman–Crippen LogP) is 1.93. The van der Waals surface area contributed by atoms with E-state index in [1.165, 1.54) is 4.90 Å². The molecular weight excluding hydrogens is 290 g/mol. The van der Waals surface area contributed by atoms with E-state index in [0.717, 1.165) is 0 Å². The van der Waals surface area contributed by atoms with Gasteiger partial charge in [0.1, 0.15) is 5.60 Å². The first kappa shape index (κ1) is 14.3. The average molecular weight is 308 g/mol. The zero-order valence-electron chi connectivity index (χ0n) is 10.6. The third-order valence-corrected chi connectivity index (χ3v) is 3.00. The molecule has 1 aliphatic heterocycles. The van der Waals surface area contributed by atoms with Crippen molar-refractivity contribution in [2.75, 3.05) is 19.7 Å². The topological polar surface area (TPSA) is 55.8 Å². The van der Waals surface area contributed by atoms with Crippen LogP contribution in [0.2, 0.25) is 0 Å². The fourth-order valence-corrected chi connectivity index (χ4v) is 2.12. The highest BCUT2D eigenvalue weighted by Gasteiger charge is 2.51. The summed E-state index contributed by atoms with van der Waals surface area (Å²) in [4.78, 5) is 24.7. The standard InChI is InChI=1S/C11H18BrNO4/c1-5-16-8(14)11(12)6-13(7-11)9(15)17-10(2,3)4/h5-7H2,1-4H3. The van der Waals surface area contributed by atoms with Crippen LogP contribution in [0.1, 0.15) is 27.7 Å². The molecule has 0 aromatic heterocycles. The molecule has 0 aliphatic carbocycles. The fraction of sp³-hybridized carbons (Fsp3) is 0.818. The fourth-order valence-electron chi connectivity index (χ4n) is 1.40. The first-order valence-electron chi connectivity index (χ1n) is 5.52. The number of hydrogen-bond acceptors (Lipinski definition) is 4. The summed E-state index contributed by atoms with van der Waals surface area (Å²) in [5.74, 6) is -0.334. The molecule has 1 amide bonds. The Kier molecular flexibility index (Phi) is 4.06. The van der Waals surface area contributed by atoms with Crippen LogP contribution in [-0.2, 0) is 14.3 Å². The molecule has 0 aromatic carbocycles. The van der Waals surface area contributed by atoms with Gasteiger partial charge in [0, 0.05) is 0 Å². The van der Waals surface area contributed by atoms with E-state index in [4.69, 9.17) is 9.47 Å². The molecule has 1 rings (SSSR count). The third-order valence-electron chi connectivity index (χ3n) is 2.18. The number of amides is 1. The summed E-state index contributed by atoms with van der Waals surface area (Å²) in [6, 6.07) is 0. The van der Waals surface area contributed by atoms with Crippen LogP contribution in [0.15, 0.2) is 0 Å². The van der Waals surface area contributed by atoms with E-state index in [-0.39, 0.29) is 19.1 Å². The maximum atomic E-state index is 11.6. The molecule has 0 N–H and O–H groups in total. The molecule has 1 saturated heterocycles. The molecule has 1 fully saturated rings. The maximum absolute atomic E-state index is 11.6. The summed E-state index contributed by atoms with van der Waals surface area (Å²) in [7, 11) is 0. The number of halogens is 1. The molecule has 0 spiro atoms. The van der Waals surface area contributed by atoms with Crippen LogP contribution in [0.5, 0.6) is 0 Å². The SMILES string of the molecule is CCOC(=O)C1(Br)CN(C(=O)OC(C)(C)C)C1. The van der Waals surface area contributed by atoms with E-state index in [1.807, 2.05) is 0 Å². The lowest BCUT2D eigenvalue weighted by atomic mass is 10.0. The molecule has 98 valence electrons. The quantitative estimate of drug-likeness (QED) is 0.578. The Bertz CT molecular complexity index is 318. The van der Waals surface area contributed by atoms with Gasteiger partial charge in [-0.2, -0.15) is 0 Å². The molecular formula is C11H18BrNO4. The molecule has 0 aromatic rings. The number of carbonyl (C=O) groups is 2. The third kappa shape index (κ3) is 3.59. The Morgan fingerprint density at radius 2 is 1.88 bits per heavy atom. The second kappa shape index (κ2) is 4.84. The second-order valence-corrected chi connectivity index (χ2v) is 6.54. The first-order valence-corrected chi connectivity index (χ1v) is 6.31. The Balaban J connectivity index is 2.45. The summed E-state index contributed by atoms with van der Waals surface area (Å²) in [6.07, 6.45) is -0.406. The lowest BCUT2D eigenvalue weighted by Crippen LogP contribution is -2.64. The Hall–Kier alpha value is -0.780. The number of alkyl halides is 1. The van der Waals surface area contributed by atoms with Crippen molar-refractivity contribution in [3.8, 4) is 0 Å². The molecule has 1 heterocycles. The number of ether oxygens (including phenoxy) is 2. The van der Waals surface area contributed by atoms with Crippen molar-refractivity contribution in [2.24, 2.45) is 0 Å². The minimum atomic E-state index is -0.764. The van der Waals surface area contributed by atoms with Gasteiger partial charge >= 0.3 is 12.1 Å². The van der Waals surface area contributed by atoms with Crippen LogP contribution >= 0.6 is 15.9 Å². The monoisotopic (exact) mass is 307 g/mol. The molecule has 0 saturated carbocycles. The number of hydrogen-bond donors (Lipinski definition) is 0. The molecule has 0 radical (unpaired) electrons. The van der Waals surface area contributed by atoms with E-state index >= 15 is 0 Å². The van der Waals surface area contributed by atoms with Gasteiger partial charge in [-0.25, -0.2) is 4.79 Å². The van der Waals surface area contributed by atoms with Crippen molar-refractivity contribution >= 4 is 28.0 Å². The number of esters is 1. The first-order chi connectivity index (χ1) is 7.68. The minimum absolute atomic E-state index is 0.279. The van der Waals surface area contributed by atoms with Gasteiger partial charge in [-0.15, -0.1) is 0 Å². The predicted molar refractivity (Wildman–Crippen MR) is 66.1 cm³/mol. The highest BCUT2D eigenvalue weighted by molar-refractivity contribution is 9.10. The van der Waals surface area contributed by atoms with Crippen LogP contribution < -0.4 is 0 Å². The molecule has 0 unspecified atom stereocenters. The van der Waals surface area contributed by atoms with Crippen molar-refractivity contribution in [1.29, 1.82) is 0 Å². The molecule has 0 atom stereocenters. The molecule has 17 heavy (non-hydrogen) atoms. The Morgan fingerprint density at radius 1 is 1.35 bits per heavy atom. The van der Waals surface area contributed by atoms with E-state index in [0.29, 0.717) is 6.61 Å². The van der Waals surface area contributed by atoms with Gasteiger partial charge in [-0.05, 0) is 27.7 Å². The van der Waals surface area contributed by atoms with Gasteiger partial charge in [0.25, 0.3) is 0 Å². The van der Waals surface area contributed by atoms with Crippen molar-refractivity contribution in [1.82, 2.24) is 4.90 Å². The summed E-state index contributed by atoms with van der Waals surface area (Å²) in [6.45, 7) is 8.05. The lowest BCUT2D eigenvalue weighted by molar-refractivity contribution is -0.149. The van der Waals surface area contributed by atoms with Crippen molar-refractivity contribution < 1.29 is 19.1 Å². The summed E-state index contributed by atoms with van der Waals surface area (Å²) < 4.78 is 9.34. The zero-order valence-corrected chi connectivity index (χ0v) is 12.2. The summed E-state index contributed by atoms with van der Waals surface area (Å²) in [5.41, 5.74) is -0.522. The average Bonchev–Trinajstić information content (AvgIpc) is 2.10. The van der Waals surface area contributed by atoms with Crippen LogP contribution in [0.3, 0.4) is 0 Å². The van der Waals surface area contributed by atoms with Gasteiger partial charge in [-0.1, -0.05) is 15.9 Å². The normalized spacial score (nSPS) is 18.3. The lowest BCUT2D eigenvalue weighted by Gasteiger charge is -2.44. The van der Waals surface area contributed by atoms with Crippen LogP contribution in [0.4, 0.5) is 4.79 Å². The van der Waals surface area contributed by atoms with E-state index in [2.05, 4.69) is 15.9 Å². The smallest absolute Gasteiger partial charge is 0.410 e. The largest absolute Gasteiger partial charge is 0.465 e. The van der Waals surface area contributed by atoms with Gasteiger partial charge in [0.05, 0.1) is 19.7 Å². The Labute approximate surface area is 110 Å². The molecule has 5 nitrogen and oxygen atoms in total. The number of rotatable bonds is 2. The van der Waals surface area contributed by atoms with Crippen molar-refractivity contribution in [2.45, 2.75) is 37.6 Å². The second-order valence-electron chi connectivity index (χ2n) is 5.02. The van der Waals surface area contributed by atoms with Crippen LogP contribution in [0, 0.1) is 0 Å². The van der Waals surface area contributed by atoms with Gasteiger partial charge in [0.15, 0.2) is 4.32 Å². The van der Waals surface area contributed by atoms with Gasteiger partial charge in [0.2, 0.25) is 0 Å². The Morgan fingerprint density at radius 3 is 2.29 bits per heavy atom. The van der Waals surface area contributed by atoms with E-state index in [1.54, 1.807) is 27.7 Å². The van der Waals surface area contributed by atoms with Crippen LogP contribution in [0.25, 0.3) is 0 Å². The zero-order chi connectivity index (χ0) is 13.3. The van der Waals surface area contributed by atoms with Gasteiger partial charge in [-0.3, -0.25) is 4.79 Å². The highest BCUT2D eigenvalue weighted by Crippen LogP contribution is 2.32.